The van der Waals surface area contributed by atoms with Crippen molar-refractivity contribution in [2.75, 3.05) is 6.61 Å². The summed E-state index contributed by atoms with van der Waals surface area (Å²) in [6.45, 7) is 0.712. The number of nitrogens with two attached hydrogens (primary N) is 1. The van der Waals surface area contributed by atoms with Crippen LogP contribution in [0.15, 0.2) is 17.5 Å². The van der Waals surface area contributed by atoms with Crippen molar-refractivity contribution < 1.29 is 14.3 Å². The number of hydrogen-bond donors (Lipinski definition) is 1. The predicted octanol–water partition coefficient (Wildman–Crippen LogP) is 2.52. The van der Waals surface area contributed by atoms with Gasteiger partial charge in [0, 0.05) is 11.9 Å². The fourth-order valence-corrected chi connectivity index (χ4v) is 1.79. The standard InChI is InChI=1S/C12H8Cl3N3O3/c1-5(17)6(2-16)8(19)4-21-12(20)11-10(15)9(14)7(13)3-18-11/h3H,4,17H2,1H3. The number of carbonyl (C=O) groups is 2. The van der Waals surface area contributed by atoms with Gasteiger partial charge in [0.25, 0.3) is 0 Å². The molecule has 21 heavy (non-hydrogen) atoms. The highest BCUT2D eigenvalue weighted by atomic mass is 35.5. The van der Waals surface area contributed by atoms with E-state index in [0.29, 0.717) is 0 Å². The van der Waals surface area contributed by atoms with Crippen molar-refractivity contribution in [2.45, 2.75) is 6.92 Å². The molecule has 0 aliphatic heterocycles. The van der Waals surface area contributed by atoms with Gasteiger partial charge in [0.1, 0.15) is 11.6 Å². The zero-order valence-corrected chi connectivity index (χ0v) is 12.9. The number of ketones is 1. The Morgan fingerprint density at radius 2 is 2.00 bits per heavy atom. The molecular weight excluding hydrogens is 341 g/mol. The fourth-order valence-electron chi connectivity index (χ4n) is 1.23. The number of pyridine rings is 1. The molecule has 0 amide bonds. The number of esters is 1. The third-order valence-electron chi connectivity index (χ3n) is 2.23. The molecule has 0 aromatic carbocycles. The van der Waals surface area contributed by atoms with Crippen LogP contribution in [0.25, 0.3) is 0 Å². The van der Waals surface area contributed by atoms with Crippen LogP contribution in [-0.4, -0.2) is 23.3 Å². The molecular formula is C12H8Cl3N3O3. The van der Waals surface area contributed by atoms with E-state index >= 15 is 0 Å². The van der Waals surface area contributed by atoms with Crippen LogP contribution in [0.5, 0.6) is 0 Å². The lowest BCUT2D eigenvalue weighted by molar-refractivity contribution is -0.118. The van der Waals surface area contributed by atoms with Gasteiger partial charge in [-0.2, -0.15) is 5.26 Å². The third kappa shape index (κ3) is 4.08. The largest absolute Gasteiger partial charge is 0.452 e. The zero-order valence-electron chi connectivity index (χ0n) is 10.6. The second-order valence-electron chi connectivity index (χ2n) is 3.75. The highest BCUT2D eigenvalue weighted by molar-refractivity contribution is 6.48. The van der Waals surface area contributed by atoms with Gasteiger partial charge in [-0.1, -0.05) is 34.8 Å². The number of hydrogen-bond acceptors (Lipinski definition) is 6. The van der Waals surface area contributed by atoms with E-state index in [9.17, 15) is 9.59 Å². The minimum atomic E-state index is -0.973. The Morgan fingerprint density at radius 3 is 2.52 bits per heavy atom. The van der Waals surface area contributed by atoms with Gasteiger partial charge in [-0.15, -0.1) is 0 Å². The quantitative estimate of drug-likeness (QED) is 0.509. The smallest absolute Gasteiger partial charge is 0.358 e. The van der Waals surface area contributed by atoms with E-state index in [1.165, 1.54) is 6.92 Å². The van der Waals surface area contributed by atoms with Crippen molar-refractivity contribution >= 4 is 46.6 Å². The normalized spacial score (nSPS) is 11.4. The Kier molecular flexibility index (Phi) is 5.97. The lowest BCUT2D eigenvalue weighted by atomic mass is 10.1. The van der Waals surface area contributed by atoms with Crippen molar-refractivity contribution in [3.8, 4) is 6.07 Å². The molecule has 1 aromatic heterocycles. The molecule has 0 aliphatic carbocycles. The number of aromatic nitrogens is 1. The van der Waals surface area contributed by atoms with Crippen LogP contribution in [0.1, 0.15) is 17.4 Å². The Labute approximate surface area is 135 Å². The predicted molar refractivity (Wildman–Crippen MR) is 77.1 cm³/mol. The number of nitrogens with zero attached hydrogens (tertiary/aromatic N) is 2. The molecule has 0 saturated heterocycles. The van der Waals surface area contributed by atoms with E-state index in [2.05, 4.69) is 4.98 Å². The average molecular weight is 349 g/mol. The van der Waals surface area contributed by atoms with E-state index in [0.717, 1.165) is 6.20 Å². The Balaban J connectivity index is 2.86. The number of ether oxygens (including phenoxy) is 1. The van der Waals surface area contributed by atoms with Crippen molar-refractivity contribution in [1.82, 2.24) is 4.98 Å². The van der Waals surface area contributed by atoms with Crippen molar-refractivity contribution in [3.63, 3.8) is 0 Å². The van der Waals surface area contributed by atoms with E-state index < -0.39 is 18.4 Å². The molecule has 6 nitrogen and oxygen atoms in total. The van der Waals surface area contributed by atoms with Gasteiger partial charge in [0.2, 0.25) is 5.78 Å². The highest BCUT2D eigenvalue weighted by Gasteiger charge is 2.20. The van der Waals surface area contributed by atoms with Crippen LogP contribution < -0.4 is 5.73 Å². The maximum Gasteiger partial charge on any atom is 0.358 e. The number of carbonyl (C=O) groups excluding carboxylic acids is 2. The van der Waals surface area contributed by atoms with E-state index in [4.69, 9.17) is 50.5 Å². The Hall–Kier alpha value is -1.81. The lowest BCUT2D eigenvalue weighted by Gasteiger charge is -2.06. The maximum atomic E-state index is 11.8. The maximum absolute atomic E-state index is 11.8. The van der Waals surface area contributed by atoms with Crippen LogP contribution in [0.3, 0.4) is 0 Å². The minimum Gasteiger partial charge on any atom is -0.452 e. The minimum absolute atomic E-state index is 0.0317. The number of allylic oxidation sites excluding steroid dienone is 1. The molecule has 110 valence electrons. The lowest BCUT2D eigenvalue weighted by Crippen LogP contribution is -2.18. The first-order valence-electron chi connectivity index (χ1n) is 5.35. The van der Waals surface area contributed by atoms with E-state index in [1.807, 2.05) is 0 Å². The van der Waals surface area contributed by atoms with Gasteiger partial charge in [-0.25, -0.2) is 9.78 Å². The van der Waals surface area contributed by atoms with E-state index in [-0.39, 0.29) is 32.0 Å². The zero-order chi connectivity index (χ0) is 16.2. The number of Topliss-reactive ketones (excluding diaryl/α,β-unsaturated/α-hetero) is 1. The molecule has 9 heteroatoms. The summed E-state index contributed by atoms with van der Waals surface area (Å²) >= 11 is 17.2. The number of rotatable bonds is 4. The second kappa shape index (κ2) is 7.27. The van der Waals surface area contributed by atoms with Crippen LogP contribution in [0.4, 0.5) is 0 Å². The number of halogens is 3. The van der Waals surface area contributed by atoms with Gasteiger partial charge in [0.15, 0.2) is 12.3 Å². The third-order valence-corrected chi connectivity index (χ3v) is 3.47. The van der Waals surface area contributed by atoms with Crippen molar-refractivity contribution in [3.05, 3.63) is 38.2 Å². The van der Waals surface area contributed by atoms with Crippen LogP contribution in [0.2, 0.25) is 15.1 Å². The summed E-state index contributed by atoms with van der Waals surface area (Å²) in [6, 6.07) is 1.63. The summed E-state index contributed by atoms with van der Waals surface area (Å²) in [7, 11) is 0. The summed E-state index contributed by atoms with van der Waals surface area (Å²) in [6.07, 6.45) is 1.12. The molecule has 1 aromatic rings. The summed E-state index contributed by atoms with van der Waals surface area (Å²) in [4.78, 5) is 27.1. The number of nitriles is 1. The molecule has 2 N–H and O–H groups in total. The summed E-state index contributed by atoms with van der Waals surface area (Å²) in [5, 5.41) is 8.58. The van der Waals surface area contributed by atoms with Crippen molar-refractivity contribution in [2.24, 2.45) is 5.73 Å². The highest BCUT2D eigenvalue weighted by Crippen LogP contribution is 2.31. The Morgan fingerprint density at radius 1 is 1.38 bits per heavy atom. The summed E-state index contributed by atoms with van der Waals surface area (Å²) in [5.74, 6) is -1.71. The van der Waals surface area contributed by atoms with Crippen LogP contribution in [0, 0.1) is 11.3 Å². The average Bonchev–Trinajstić information content (AvgIpc) is 2.42. The molecule has 0 fully saturated rings. The van der Waals surface area contributed by atoms with Crippen molar-refractivity contribution in [1.29, 1.82) is 5.26 Å². The van der Waals surface area contributed by atoms with E-state index in [1.54, 1.807) is 6.07 Å². The van der Waals surface area contributed by atoms with Crippen LogP contribution >= 0.6 is 34.8 Å². The fraction of sp³-hybridized carbons (Fsp3) is 0.167. The Bertz CT molecular complexity index is 676. The summed E-state index contributed by atoms with van der Waals surface area (Å²) < 4.78 is 4.72. The summed E-state index contributed by atoms with van der Waals surface area (Å²) in [5.41, 5.74) is 4.82. The van der Waals surface area contributed by atoms with Gasteiger partial charge in [-0.05, 0) is 6.92 Å². The second-order valence-corrected chi connectivity index (χ2v) is 4.91. The van der Waals surface area contributed by atoms with Gasteiger partial charge >= 0.3 is 5.97 Å². The monoisotopic (exact) mass is 347 g/mol. The first kappa shape index (κ1) is 17.2. The first-order valence-corrected chi connectivity index (χ1v) is 6.49. The SMILES string of the molecule is CC(N)=C(C#N)C(=O)COC(=O)c1ncc(Cl)c(Cl)c1Cl. The van der Waals surface area contributed by atoms with Gasteiger partial charge < -0.3 is 10.5 Å². The molecule has 0 bridgehead atoms. The molecule has 0 radical (unpaired) electrons. The molecule has 0 saturated carbocycles. The molecule has 1 rings (SSSR count). The molecule has 0 aliphatic rings. The molecule has 0 spiro atoms. The topological polar surface area (TPSA) is 106 Å². The molecule has 0 unspecified atom stereocenters. The van der Waals surface area contributed by atoms with Gasteiger partial charge in [-0.3, -0.25) is 4.79 Å². The van der Waals surface area contributed by atoms with Crippen LogP contribution in [-0.2, 0) is 9.53 Å². The molecule has 0 atom stereocenters. The van der Waals surface area contributed by atoms with Gasteiger partial charge in [0.05, 0.1) is 15.1 Å². The first-order chi connectivity index (χ1) is 9.79. The molecule has 1 heterocycles.